The number of H-pyrrole nitrogens is 2. The molecule has 5 aromatic carbocycles. The van der Waals surface area contributed by atoms with Crippen LogP contribution in [0.4, 0.5) is 0 Å². The SMILES string of the molecule is Clc1c(Cl)c(Cl)c(-c2c(-c3c(Br)c(Br)c(Br)c(Br)c3Br)c3[nH]c4ccccc4c3c3[nH]c4ccccc4c23)c(Cl)c1Cl. The lowest BCUT2D eigenvalue weighted by atomic mass is 9.88. The fourth-order valence-electron chi connectivity index (χ4n) is 5.58. The van der Waals surface area contributed by atoms with E-state index in [4.69, 9.17) is 58.0 Å². The van der Waals surface area contributed by atoms with Crippen LogP contribution in [0.5, 0.6) is 0 Å². The summed E-state index contributed by atoms with van der Waals surface area (Å²) in [5.41, 5.74) is 6.57. The van der Waals surface area contributed by atoms with Gasteiger partial charge in [-0.25, -0.2) is 0 Å². The van der Waals surface area contributed by atoms with Gasteiger partial charge in [-0.3, -0.25) is 0 Å². The Morgan fingerprint density at radius 1 is 0.405 bits per heavy atom. The predicted octanol–water partition coefficient (Wildman–Crippen LogP) is 15.4. The highest BCUT2D eigenvalue weighted by atomic mass is 79.9. The molecule has 12 heteroatoms. The van der Waals surface area contributed by atoms with E-state index in [0.717, 1.165) is 82.7 Å². The molecule has 7 rings (SSSR count). The second kappa shape index (κ2) is 11.1. The van der Waals surface area contributed by atoms with Gasteiger partial charge in [-0.15, -0.1) is 0 Å². The van der Waals surface area contributed by atoms with Crippen molar-refractivity contribution in [2.75, 3.05) is 0 Å². The first-order valence-corrected chi connectivity index (χ1v) is 17.9. The molecule has 2 nitrogen and oxygen atoms in total. The fraction of sp³-hybridized carbons (Fsp3) is 0. The maximum atomic E-state index is 7.06. The third kappa shape index (κ3) is 4.25. The molecule has 0 fully saturated rings. The molecule has 0 aliphatic carbocycles. The van der Waals surface area contributed by atoms with E-state index in [9.17, 15) is 0 Å². The number of aromatic amines is 2. The number of benzene rings is 5. The second-order valence-electron chi connectivity index (χ2n) is 9.48. The van der Waals surface area contributed by atoms with Gasteiger partial charge in [-0.2, -0.15) is 0 Å². The van der Waals surface area contributed by atoms with E-state index in [2.05, 4.69) is 108 Å². The first-order valence-electron chi connectivity index (χ1n) is 12.0. The molecular formula is C30H10Br5Cl5N2. The van der Waals surface area contributed by atoms with E-state index >= 15 is 0 Å². The van der Waals surface area contributed by atoms with Crippen molar-refractivity contribution in [1.29, 1.82) is 0 Å². The maximum Gasteiger partial charge on any atom is 0.0809 e. The maximum absolute atomic E-state index is 7.06. The Labute approximate surface area is 306 Å². The van der Waals surface area contributed by atoms with E-state index in [1.54, 1.807) is 0 Å². The van der Waals surface area contributed by atoms with Gasteiger partial charge in [-0.1, -0.05) is 94.4 Å². The van der Waals surface area contributed by atoms with Gasteiger partial charge in [0.2, 0.25) is 0 Å². The molecule has 0 saturated carbocycles. The van der Waals surface area contributed by atoms with Gasteiger partial charge in [-0.05, 0) is 91.8 Å². The predicted molar refractivity (Wildman–Crippen MR) is 200 cm³/mol. The summed E-state index contributed by atoms with van der Waals surface area (Å²) in [6.45, 7) is 0. The van der Waals surface area contributed by atoms with E-state index in [-0.39, 0.29) is 25.1 Å². The van der Waals surface area contributed by atoms with Crippen molar-refractivity contribution in [3.63, 3.8) is 0 Å². The molecule has 7 aromatic rings. The molecular weight excluding hydrogens is 965 g/mol. The zero-order valence-corrected chi connectivity index (χ0v) is 32.1. The van der Waals surface area contributed by atoms with E-state index in [0.29, 0.717) is 5.56 Å². The van der Waals surface area contributed by atoms with Crippen molar-refractivity contribution in [3.05, 3.63) is 96.0 Å². The van der Waals surface area contributed by atoms with Crippen LogP contribution in [0.25, 0.3) is 65.9 Å². The molecule has 2 N–H and O–H groups in total. The molecule has 0 aliphatic rings. The molecule has 2 aromatic heterocycles. The summed E-state index contributed by atoms with van der Waals surface area (Å²) in [6.07, 6.45) is 0. The smallest absolute Gasteiger partial charge is 0.0809 e. The van der Waals surface area contributed by atoms with Gasteiger partial charge in [0, 0.05) is 77.2 Å². The number of para-hydroxylation sites is 2. The van der Waals surface area contributed by atoms with Gasteiger partial charge in [0.15, 0.2) is 0 Å². The lowest BCUT2D eigenvalue weighted by Crippen LogP contribution is -1.96. The van der Waals surface area contributed by atoms with E-state index in [1.807, 2.05) is 30.3 Å². The highest BCUT2D eigenvalue weighted by Crippen LogP contribution is 2.58. The first-order chi connectivity index (χ1) is 20.0. The van der Waals surface area contributed by atoms with Crippen molar-refractivity contribution in [2.45, 2.75) is 0 Å². The first kappa shape index (κ1) is 30.2. The summed E-state index contributed by atoms with van der Waals surface area (Å²) in [5, 5.41) is 4.69. The van der Waals surface area contributed by atoms with Crippen molar-refractivity contribution in [3.8, 4) is 22.3 Å². The Kier molecular flexibility index (Phi) is 7.99. The summed E-state index contributed by atoms with van der Waals surface area (Å²) in [7, 11) is 0. The molecule has 2 heterocycles. The summed E-state index contributed by atoms with van der Waals surface area (Å²) >= 11 is 53.0. The zero-order valence-electron chi connectivity index (χ0n) is 20.4. The number of halogens is 10. The average molecular weight is 975 g/mol. The summed E-state index contributed by atoms with van der Waals surface area (Å²) < 4.78 is 4.05. The molecule has 0 bridgehead atoms. The highest BCUT2D eigenvalue weighted by Gasteiger charge is 2.32. The summed E-state index contributed by atoms with van der Waals surface area (Å²) in [6, 6.07) is 16.3. The van der Waals surface area contributed by atoms with Crippen LogP contribution in [0.2, 0.25) is 25.1 Å². The zero-order chi connectivity index (χ0) is 29.8. The van der Waals surface area contributed by atoms with Crippen LogP contribution in [0, 0.1) is 0 Å². The highest BCUT2D eigenvalue weighted by molar-refractivity contribution is 9.15. The van der Waals surface area contributed by atoms with Gasteiger partial charge in [0.25, 0.3) is 0 Å². The number of fused-ring (bicyclic) bond motifs is 7. The molecule has 0 spiro atoms. The summed E-state index contributed by atoms with van der Waals surface area (Å²) in [5.74, 6) is 0. The minimum absolute atomic E-state index is 0.0944. The molecule has 42 heavy (non-hydrogen) atoms. The van der Waals surface area contributed by atoms with Crippen LogP contribution >= 0.6 is 138 Å². The van der Waals surface area contributed by atoms with Crippen molar-refractivity contribution in [1.82, 2.24) is 9.97 Å². The van der Waals surface area contributed by atoms with Crippen LogP contribution in [0.1, 0.15) is 0 Å². The van der Waals surface area contributed by atoms with Crippen molar-refractivity contribution in [2.24, 2.45) is 0 Å². The van der Waals surface area contributed by atoms with Gasteiger partial charge in [0.1, 0.15) is 0 Å². The lowest BCUT2D eigenvalue weighted by Gasteiger charge is -2.22. The molecule has 210 valence electrons. The Balaban J connectivity index is 1.90. The van der Waals surface area contributed by atoms with Crippen LogP contribution < -0.4 is 0 Å². The third-order valence-corrected chi connectivity index (χ3v) is 15.7. The minimum Gasteiger partial charge on any atom is -0.354 e. The Morgan fingerprint density at radius 3 is 1.38 bits per heavy atom. The second-order valence-corrected chi connectivity index (χ2v) is 15.3. The lowest BCUT2D eigenvalue weighted by molar-refractivity contribution is 1.44. The molecule has 0 radical (unpaired) electrons. The Morgan fingerprint density at radius 2 is 0.833 bits per heavy atom. The van der Waals surface area contributed by atoms with Crippen molar-refractivity contribution >= 4 is 181 Å². The van der Waals surface area contributed by atoms with Gasteiger partial charge < -0.3 is 9.97 Å². The monoisotopic (exact) mass is 968 g/mol. The topological polar surface area (TPSA) is 31.6 Å². The van der Waals surface area contributed by atoms with E-state index in [1.165, 1.54) is 0 Å². The van der Waals surface area contributed by atoms with Gasteiger partial charge >= 0.3 is 0 Å². The quantitative estimate of drug-likeness (QED) is 0.128. The molecule has 0 unspecified atom stereocenters. The number of nitrogens with one attached hydrogen (secondary N) is 2. The van der Waals surface area contributed by atoms with Crippen LogP contribution in [-0.2, 0) is 0 Å². The van der Waals surface area contributed by atoms with Gasteiger partial charge in [0.05, 0.1) is 36.1 Å². The largest absolute Gasteiger partial charge is 0.354 e. The number of hydrogen-bond donors (Lipinski definition) is 2. The number of aromatic nitrogens is 2. The van der Waals surface area contributed by atoms with Crippen LogP contribution in [-0.4, -0.2) is 9.97 Å². The van der Waals surface area contributed by atoms with Crippen LogP contribution in [0.15, 0.2) is 70.9 Å². The van der Waals surface area contributed by atoms with Crippen LogP contribution in [0.3, 0.4) is 0 Å². The molecule has 0 amide bonds. The minimum atomic E-state index is 0.0944. The van der Waals surface area contributed by atoms with Crippen molar-refractivity contribution < 1.29 is 0 Å². The standard InChI is InChI=1S/C30H10Br5Cl5N2/c31-19-17(20(32)22(34)23(35)21(19)33)16-15(18-24(36)26(38)28(40)27(39)25(18)37)13-9-5-1-3-7-11(9)41-29(13)14-10-6-2-4-8-12(10)42-30(14)16/h1-8,41-42H. The fourth-order valence-corrected chi connectivity index (χ4v) is 10.3. The number of hydrogen-bond acceptors (Lipinski definition) is 0. The Hall–Kier alpha value is -0.450. The normalized spacial score (nSPS) is 12.0. The average Bonchev–Trinajstić information content (AvgIpc) is 3.57. The van der Waals surface area contributed by atoms with E-state index < -0.39 is 0 Å². The Bertz CT molecular complexity index is 2270. The number of rotatable bonds is 2. The molecule has 0 saturated heterocycles. The molecule has 0 atom stereocenters. The molecule has 0 aliphatic heterocycles. The third-order valence-electron chi connectivity index (χ3n) is 7.33. The summed E-state index contributed by atoms with van der Waals surface area (Å²) in [4.78, 5) is 7.38.